The van der Waals surface area contributed by atoms with Crippen molar-refractivity contribution >= 4 is 17.7 Å². The van der Waals surface area contributed by atoms with Gasteiger partial charge in [-0.2, -0.15) is 0 Å². The SMILES string of the molecule is CC(C)(C)[C@H](NC(=O)C[C@H](O)C(=O)N(O)CCCc1ccccc1)C(=O)NC1CC1. The molecule has 0 unspecified atom stereocenters. The fourth-order valence-electron chi connectivity index (χ4n) is 3.03. The summed E-state index contributed by atoms with van der Waals surface area (Å²) in [5, 5.41) is 25.9. The molecule has 3 amide bonds. The van der Waals surface area contributed by atoms with Gasteiger partial charge in [-0.3, -0.25) is 19.6 Å². The summed E-state index contributed by atoms with van der Waals surface area (Å²) >= 11 is 0. The van der Waals surface area contributed by atoms with Gasteiger partial charge in [-0.25, -0.2) is 5.06 Å². The smallest absolute Gasteiger partial charge is 0.275 e. The summed E-state index contributed by atoms with van der Waals surface area (Å²) in [6, 6.07) is 9.01. The van der Waals surface area contributed by atoms with Gasteiger partial charge in [-0.15, -0.1) is 0 Å². The maximum absolute atomic E-state index is 12.4. The fraction of sp³-hybridized carbons (Fsp3) is 0.591. The highest BCUT2D eigenvalue weighted by molar-refractivity contribution is 5.91. The van der Waals surface area contributed by atoms with E-state index in [0.29, 0.717) is 17.9 Å². The Labute approximate surface area is 177 Å². The molecule has 0 radical (unpaired) electrons. The molecule has 1 aromatic rings. The molecule has 0 bridgehead atoms. The first-order chi connectivity index (χ1) is 14.1. The van der Waals surface area contributed by atoms with Gasteiger partial charge in [0.2, 0.25) is 11.8 Å². The third kappa shape index (κ3) is 7.76. The lowest BCUT2D eigenvalue weighted by Gasteiger charge is -2.30. The minimum atomic E-state index is -1.68. The van der Waals surface area contributed by atoms with Crippen molar-refractivity contribution in [2.24, 2.45) is 5.41 Å². The molecule has 1 aliphatic rings. The number of nitrogens with one attached hydrogen (secondary N) is 2. The van der Waals surface area contributed by atoms with Crippen molar-refractivity contribution in [2.45, 2.75) is 71.1 Å². The summed E-state index contributed by atoms with van der Waals surface area (Å²) in [7, 11) is 0. The lowest BCUT2D eigenvalue weighted by molar-refractivity contribution is -0.175. The van der Waals surface area contributed by atoms with Crippen molar-refractivity contribution < 1.29 is 24.7 Å². The Morgan fingerprint density at radius 1 is 1.17 bits per heavy atom. The average Bonchev–Trinajstić information content (AvgIpc) is 3.49. The van der Waals surface area contributed by atoms with Crippen LogP contribution in [0.5, 0.6) is 0 Å². The van der Waals surface area contributed by atoms with E-state index in [0.717, 1.165) is 18.4 Å². The van der Waals surface area contributed by atoms with Crippen LogP contribution in [0.2, 0.25) is 0 Å². The summed E-state index contributed by atoms with van der Waals surface area (Å²) in [5.74, 6) is -1.84. The first kappa shape index (κ1) is 23.8. The van der Waals surface area contributed by atoms with Crippen molar-refractivity contribution in [2.75, 3.05) is 6.54 Å². The number of amides is 3. The van der Waals surface area contributed by atoms with Crippen LogP contribution in [0.4, 0.5) is 0 Å². The maximum Gasteiger partial charge on any atom is 0.275 e. The number of hydroxylamine groups is 2. The predicted octanol–water partition coefficient (Wildman–Crippen LogP) is 1.40. The van der Waals surface area contributed by atoms with Gasteiger partial charge in [0, 0.05) is 12.6 Å². The van der Waals surface area contributed by atoms with Gasteiger partial charge in [-0.1, -0.05) is 51.1 Å². The lowest BCUT2D eigenvalue weighted by Crippen LogP contribution is -2.54. The van der Waals surface area contributed by atoms with E-state index >= 15 is 0 Å². The number of aliphatic hydroxyl groups excluding tert-OH is 1. The topological polar surface area (TPSA) is 119 Å². The van der Waals surface area contributed by atoms with Crippen molar-refractivity contribution in [3.63, 3.8) is 0 Å². The summed E-state index contributed by atoms with van der Waals surface area (Å²) in [5.41, 5.74) is 0.542. The van der Waals surface area contributed by atoms with Crippen LogP contribution >= 0.6 is 0 Å². The molecule has 0 aliphatic heterocycles. The Morgan fingerprint density at radius 3 is 2.37 bits per heavy atom. The quantitative estimate of drug-likeness (QED) is 0.338. The molecule has 0 heterocycles. The molecule has 0 spiro atoms. The molecule has 2 atom stereocenters. The number of hydrogen-bond acceptors (Lipinski definition) is 5. The number of rotatable bonds is 10. The average molecular weight is 420 g/mol. The molecule has 1 saturated carbocycles. The molecular formula is C22H33N3O5. The summed E-state index contributed by atoms with van der Waals surface area (Å²) in [6.07, 6.45) is 0.835. The standard InChI is InChI=1S/C22H33N3O5/c1-22(2,3)19(20(28)23-16-11-12-16)24-18(27)14-17(26)21(29)25(30)13-7-10-15-8-5-4-6-9-15/h4-6,8-9,16-17,19,26,30H,7,10-14H2,1-3H3,(H,23,28)(H,24,27)/t17-,19+/m0/s1. The Hall–Kier alpha value is -2.45. The lowest BCUT2D eigenvalue weighted by atomic mass is 9.86. The van der Waals surface area contributed by atoms with E-state index in [-0.39, 0.29) is 18.5 Å². The van der Waals surface area contributed by atoms with E-state index in [1.54, 1.807) is 0 Å². The number of hydrogen-bond donors (Lipinski definition) is 4. The van der Waals surface area contributed by atoms with Crippen LogP contribution in [-0.4, -0.2) is 57.8 Å². The summed E-state index contributed by atoms with van der Waals surface area (Å²) < 4.78 is 0. The molecule has 8 heteroatoms. The molecule has 0 saturated heterocycles. The highest BCUT2D eigenvalue weighted by atomic mass is 16.5. The van der Waals surface area contributed by atoms with Gasteiger partial charge in [0.15, 0.2) is 0 Å². The van der Waals surface area contributed by atoms with Crippen LogP contribution in [0.1, 0.15) is 52.0 Å². The van der Waals surface area contributed by atoms with Crippen LogP contribution in [0, 0.1) is 5.41 Å². The van der Waals surface area contributed by atoms with Gasteiger partial charge < -0.3 is 15.7 Å². The number of carbonyl (C=O) groups excluding carboxylic acids is 3. The van der Waals surface area contributed by atoms with E-state index in [4.69, 9.17) is 0 Å². The zero-order chi connectivity index (χ0) is 22.3. The van der Waals surface area contributed by atoms with E-state index in [2.05, 4.69) is 10.6 Å². The Bertz CT molecular complexity index is 728. The molecule has 30 heavy (non-hydrogen) atoms. The largest absolute Gasteiger partial charge is 0.383 e. The number of benzene rings is 1. The third-order valence-corrected chi connectivity index (χ3v) is 4.95. The second-order valence-corrected chi connectivity index (χ2v) is 8.92. The Morgan fingerprint density at radius 2 is 1.80 bits per heavy atom. The van der Waals surface area contributed by atoms with Gasteiger partial charge >= 0.3 is 0 Å². The van der Waals surface area contributed by atoms with Crippen LogP contribution in [0.15, 0.2) is 30.3 Å². The molecular weight excluding hydrogens is 386 g/mol. The van der Waals surface area contributed by atoms with Gasteiger partial charge in [0.1, 0.15) is 12.1 Å². The second-order valence-electron chi connectivity index (χ2n) is 8.92. The second kappa shape index (κ2) is 10.5. The van der Waals surface area contributed by atoms with Gasteiger partial charge in [0.25, 0.3) is 5.91 Å². The first-order valence-electron chi connectivity index (χ1n) is 10.4. The van der Waals surface area contributed by atoms with E-state index in [9.17, 15) is 24.7 Å². The zero-order valence-electron chi connectivity index (χ0n) is 17.9. The molecule has 1 fully saturated rings. The highest BCUT2D eigenvalue weighted by Gasteiger charge is 2.36. The number of carbonyl (C=O) groups is 3. The predicted molar refractivity (Wildman–Crippen MR) is 111 cm³/mol. The van der Waals surface area contributed by atoms with Crippen LogP contribution in [-0.2, 0) is 20.8 Å². The van der Waals surface area contributed by atoms with Crippen LogP contribution in [0.3, 0.4) is 0 Å². The maximum atomic E-state index is 12.4. The van der Waals surface area contributed by atoms with Crippen molar-refractivity contribution in [3.8, 4) is 0 Å². The molecule has 4 N–H and O–H groups in total. The molecule has 8 nitrogen and oxygen atoms in total. The number of nitrogens with zero attached hydrogens (tertiary/aromatic N) is 1. The fourth-order valence-corrected chi connectivity index (χ4v) is 3.03. The minimum absolute atomic E-state index is 0.0425. The van der Waals surface area contributed by atoms with Crippen molar-refractivity contribution in [3.05, 3.63) is 35.9 Å². The van der Waals surface area contributed by atoms with E-state index < -0.39 is 35.8 Å². The molecule has 1 aliphatic carbocycles. The van der Waals surface area contributed by atoms with Crippen molar-refractivity contribution in [1.29, 1.82) is 0 Å². The van der Waals surface area contributed by atoms with Crippen molar-refractivity contribution in [1.82, 2.24) is 15.7 Å². The van der Waals surface area contributed by atoms with Crippen LogP contribution in [0.25, 0.3) is 0 Å². The summed E-state index contributed by atoms with van der Waals surface area (Å²) in [6.45, 7) is 5.53. The van der Waals surface area contributed by atoms with E-state index in [1.165, 1.54) is 0 Å². The van der Waals surface area contributed by atoms with Gasteiger partial charge in [0.05, 0.1) is 6.42 Å². The molecule has 0 aromatic heterocycles. The normalized spacial score (nSPS) is 15.8. The number of aryl methyl sites for hydroxylation is 1. The molecule has 1 aromatic carbocycles. The monoisotopic (exact) mass is 419 g/mol. The van der Waals surface area contributed by atoms with Crippen LogP contribution < -0.4 is 10.6 Å². The number of aliphatic hydroxyl groups is 1. The minimum Gasteiger partial charge on any atom is -0.383 e. The molecule has 2 rings (SSSR count). The summed E-state index contributed by atoms with van der Waals surface area (Å²) in [4.78, 5) is 36.9. The van der Waals surface area contributed by atoms with E-state index in [1.807, 2.05) is 51.1 Å². The third-order valence-electron chi connectivity index (χ3n) is 4.95. The zero-order valence-corrected chi connectivity index (χ0v) is 17.9. The Balaban J connectivity index is 1.80. The highest BCUT2D eigenvalue weighted by Crippen LogP contribution is 2.23. The van der Waals surface area contributed by atoms with Gasteiger partial charge in [-0.05, 0) is 36.7 Å². The molecule has 166 valence electrons. The first-order valence-corrected chi connectivity index (χ1v) is 10.4. The Kier molecular flexibility index (Phi) is 8.37.